The molecule has 45 heavy (non-hydrogen) atoms. The molecule has 2 aromatic rings. The number of benzene rings is 2. The number of fused-ring (bicyclic) bond motifs is 4. The summed E-state index contributed by atoms with van der Waals surface area (Å²) in [7, 11) is -4.35. The van der Waals surface area contributed by atoms with Crippen LogP contribution < -0.4 is 24.3 Å². The molecule has 0 amide bonds. The number of aliphatic hydroxyl groups excluding tert-OH is 1. The molecule has 5 rings (SSSR count). The summed E-state index contributed by atoms with van der Waals surface area (Å²) in [6, 6.07) is 10.2. The molecule has 1 N–H and O–H groups in total. The second-order valence-corrected chi connectivity index (χ2v) is 24.9. The Morgan fingerprint density at radius 3 is 2.22 bits per heavy atom. The Morgan fingerprint density at radius 1 is 0.911 bits per heavy atom. The first-order valence-electron chi connectivity index (χ1n) is 16.3. The fraction of sp³-hybridized carbons (Fsp3) is 0.514. The van der Waals surface area contributed by atoms with Crippen LogP contribution in [0.5, 0.6) is 17.2 Å². The van der Waals surface area contributed by atoms with Gasteiger partial charge in [-0.15, -0.1) is 0 Å². The van der Waals surface area contributed by atoms with E-state index in [2.05, 4.69) is 104 Å². The van der Waals surface area contributed by atoms with E-state index in [1.807, 2.05) is 12.1 Å². The highest BCUT2D eigenvalue weighted by Crippen LogP contribution is 2.43. The van der Waals surface area contributed by atoms with Gasteiger partial charge in [0.1, 0.15) is 29.6 Å². The summed E-state index contributed by atoms with van der Waals surface area (Å²) in [5.41, 5.74) is 4.46. The third-order valence-electron chi connectivity index (χ3n) is 10.1. The monoisotopic (exact) mass is 648 g/mol. The molecule has 6 nitrogen and oxygen atoms in total. The first kappa shape index (κ1) is 33.6. The number of aliphatic hydroxyl groups is 1. The minimum Gasteiger partial charge on any atom is -0.543 e. The van der Waals surface area contributed by atoms with E-state index >= 15 is 0 Å². The molecule has 8 heteroatoms. The third kappa shape index (κ3) is 6.99. The van der Waals surface area contributed by atoms with Crippen LogP contribution in [0.25, 0.3) is 17.7 Å². The normalized spacial score (nSPS) is 18.6. The van der Waals surface area contributed by atoms with Crippen LogP contribution >= 0.6 is 0 Å². The molecular formula is C37H52O6Si2. The molecule has 3 aliphatic rings. The summed E-state index contributed by atoms with van der Waals surface area (Å²) >= 11 is 0. The van der Waals surface area contributed by atoms with Gasteiger partial charge in [-0.3, -0.25) is 0 Å². The quantitative estimate of drug-likeness (QED) is 0.297. The van der Waals surface area contributed by atoms with Gasteiger partial charge in [-0.2, -0.15) is 0 Å². The lowest BCUT2D eigenvalue weighted by Crippen LogP contribution is -2.45. The fourth-order valence-corrected chi connectivity index (χ4v) is 7.41. The molecule has 2 heterocycles. The van der Waals surface area contributed by atoms with Crippen molar-refractivity contribution in [3.05, 3.63) is 69.3 Å². The topological polar surface area (TPSA) is 66.4 Å². The van der Waals surface area contributed by atoms with Crippen molar-refractivity contribution in [1.29, 1.82) is 0 Å². The van der Waals surface area contributed by atoms with Crippen molar-refractivity contribution in [2.45, 2.75) is 96.8 Å². The summed E-state index contributed by atoms with van der Waals surface area (Å²) in [6.07, 6.45) is 8.18. The molecule has 0 spiro atoms. The van der Waals surface area contributed by atoms with Crippen molar-refractivity contribution in [2.75, 3.05) is 26.4 Å². The lowest BCUT2D eigenvalue weighted by Gasteiger charge is -2.37. The Labute approximate surface area is 271 Å². The van der Waals surface area contributed by atoms with Crippen molar-refractivity contribution >= 4 is 34.4 Å². The molecule has 0 bridgehead atoms. The van der Waals surface area contributed by atoms with Gasteiger partial charge < -0.3 is 28.2 Å². The van der Waals surface area contributed by atoms with E-state index in [4.69, 9.17) is 28.2 Å². The summed E-state index contributed by atoms with van der Waals surface area (Å²) < 4.78 is 32.9. The van der Waals surface area contributed by atoms with Gasteiger partial charge in [-0.25, -0.2) is 0 Å². The SMILES string of the molecule is CC(C)(C)[Si](C)(C)OC1=Cc2c3c(cc(O[Si](C)(C)C(C)(C)C)c2=C2COC(c4ccc(OCCO)cc4)CC2=C1)=CCCO3. The predicted molar refractivity (Wildman–Crippen MR) is 188 cm³/mol. The number of ether oxygens (including phenoxy) is 3. The fourth-order valence-electron chi connectivity index (χ4n) is 5.38. The second-order valence-electron chi connectivity index (χ2n) is 15.5. The summed E-state index contributed by atoms with van der Waals surface area (Å²) in [6.45, 7) is 24.2. The van der Waals surface area contributed by atoms with E-state index in [9.17, 15) is 0 Å². The molecule has 1 saturated heterocycles. The molecule has 1 fully saturated rings. The molecule has 244 valence electrons. The minimum atomic E-state index is -2.19. The Balaban J connectivity index is 1.69. The minimum absolute atomic E-state index is 0.0120. The van der Waals surface area contributed by atoms with Gasteiger partial charge in [-0.1, -0.05) is 59.8 Å². The average molecular weight is 649 g/mol. The van der Waals surface area contributed by atoms with Crippen LogP contribution in [0.15, 0.2) is 47.7 Å². The van der Waals surface area contributed by atoms with Gasteiger partial charge >= 0.3 is 0 Å². The van der Waals surface area contributed by atoms with Crippen molar-refractivity contribution < 1.29 is 28.2 Å². The lowest BCUT2D eigenvalue weighted by atomic mass is 9.91. The van der Waals surface area contributed by atoms with Crippen LogP contribution in [0.4, 0.5) is 0 Å². The first-order valence-corrected chi connectivity index (χ1v) is 22.1. The number of hydrogen-bond acceptors (Lipinski definition) is 6. The van der Waals surface area contributed by atoms with E-state index in [1.165, 1.54) is 5.57 Å². The number of rotatable bonds is 8. The smallest absolute Gasteiger partial charge is 0.250 e. The molecule has 1 aliphatic carbocycles. The summed E-state index contributed by atoms with van der Waals surface area (Å²) in [5, 5.41) is 11.4. The van der Waals surface area contributed by atoms with Gasteiger partial charge in [-0.05, 0) is 83.3 Å². The second kappa shape index (κ2) is 12.4. The van der Waals surface area contributed by atoms with Crippen LogP contribution in [0.2, 0.25) is 36.3 Å². The number of hydrogen-bond donors (Lipinski definition) is 1. The molecule has 0 aromatic heterocycles. The Bertz CT molecular complexity index is 1600. The van der Waals surface area contributed by atoms with Crippen LogP contribution in [0.1, 0.15) is 71.6 Å². The Morgan fingerprint density at radius 2 is 1.58 bits per heavy atom. The van der Waals surface area contributed by atoms with Crippen molar-refractivity contribution in [3.63, 3.8) is 0 Å². The molecule has 1 atom stereocenters. The third-order valence-corrected chi connectivity index (χ3v) is 18.8. The summed E-state index contributed by atoms with van der Waals surface area (Å²) in [4.78, 5) is 0. The zero-order chi connectivity index (χ0) is 32.8. The van der Waals surface area contributed by atoms with Gasteiger partial charge in [0, 0.05) is 28.8 Å². The Kier molecular flexibility index (Phi) is 9.28. The van der Waals surface area contributed by atoms with Crippen molar-refractivity contribution in [2.24, 2.45) is 0 Å². The van der Waals surface area contributed by atoms with Gasteiger partial charge in [0.15, 0.2) is 0 Å². The van der Waals surface area contributed by atoms with E-state index in [-0.39, 0.29) is 29.4 Å². The van der Waals surface area contributed by atoms with Crippen LogP contribution in [0, 0.1) is 0 Å². The maximum atomic E-state index is 9.13. The highest BCUT2D eigenvalue weighted by Gasteiger charge is 2.41. The van der Waals surface area contributed by atoms with E-state index in [0.717, 1.165) is 56.6 Å². The van der Waals surface area contributed by atoms with E-state index < -0.39 is 16.6 Å². The van der Waals surface area contributed by atoms with Crippen molar-refractivity contribution in [3.8, 4) is 17.2 Å². The van der Waals surface area contributed by atoms with Gasteiger partial charge in [0.05, 0.1) is 25.9 Å². The van der Waals surface area contributed by atoms with Crippen LogP contribution in [-0.2, 0) is 9.16 Å². The number of allylic oxidation sites excluding steroid dienone is 1. The average Bonchev–Trinajstić information content (AvgIpc) is 3.11. The molecule has 2 aromatic carbocycles. The standard InChI is InChI=1S/C37H52O6Si2/c1-36(2,3)44(7,8)42-29-20-27-22-32(25-13-15-28(16-14-25)39-19-17-38)41-24-31(27)34-30(23-29)35-26(12-11-18-40-35)21-33(34)43-45(9,10)37(4,5)6/h12-16,20-21,23,32,38H,11,17-19,22,24H2,1-10H3. The lowest BCUT2D eigenvalue weighted by molar-refractivity contribution is 0.0672. The highest BCUT2D eigenvalue weighted by atomic mass is 28.4. The van der Waals surface area contributed by atoms with Crippen LogP contribution in [-0.4, -0.2) is 48.2 Å². The molecule has 2 aliphatic heterocycles. The maximum absolute atomic E-state index is 9.13. The van der Waals surface area contributed by atoms with E-state index in [0.29, 0.717) is 19.6 Å². The first-order chi connectivity index (χ1) is 21.0. The molecule has 0 radical (unpaired) electrons. The van der Waals surface area contributed by atoms with E-state index in [1.54, 1.807) is 0 Å². The predicted octanol–water partition coefficient (Wildman–Crippen LogP) is 7.62. The highest BCUT2D eigenvalue weighted by molar-refractivity contribution is 6.75. The van der Waals surface area contributed by atoms with Gasteiger partial charge in [0.25, 0.3) is 8.32 Å². The van der Waals surface area contributed by atoms with Crippen molar-refractivity contribution in [1.82, 2.24) is 0 Å². The zero-order valence-electron chi connectivity index (χ0n) is 28.9. The maximum Gasteiger partial charge on any atom is 0.250 e. The Hall–Kier alpha value is -2.79. The molecular weight excluding hydrogens is 597 g/mol. The van der Waals surface area contributed by atoms with Crippen LogP contribution in [0.3, 0.4) is 0 Å². The molecule has 1 unspecified atom stereocenters. The molecule has 0 saturated carbocycles. The summed E-state index contributed by atoms with van der Waals surface area (Å²) in [5.74, 6) is 3.43. The zero-order valence-corrected chi connectivity index (χ0v) is 30.9. The largest absolute Gasteiger partial charge is 0.543 e. The van der Waals surface area contributed by atoms with Gasteiger partial charge in [0.2, 0.25) is 8.32 Å².